The molecule has 0 N–H and O–H groups in total. The smallest absolute Gasteiger partial charge is 0.172 e. The Hall–Kier alpha value is -0.970. The molecule has 0 aliphatic heterocycles. The Morgan fingerprint density at radius 3 is 2.56 bits per heavy atom. The molecular formula is C11H11BrF2O2. The van der Waals surface area contributed by atoms with Gasteiger partial charge in [-0.1, -0.05) is 13.8 Å². The Bertz CT molecular complexity index is 382. The lowest BCUT2D eigenvalue weighted by Crippen LogP contribution is -2.17. The van der Waals surface area contributed by atoms with Crippen LogP contribution in [0.4, 0.5) is 8.78 Å². The summed E-state index contributed by atoms with van der Waals surface area (Å²) < 4.78 is 31.2. The van der Waals surface area contributed by atoms with Gasteiger partial charge in [0.1, 0.15) is 12.4 Å². The number of Topliss-reactive ketones (excluding diaryl/α,β-unsaturated/α-hetero) is 1. The van der Waals surface area contributed by atoms with Crippen molar-refractivity contribution in [1.29, 1.82) is 0 Å². The van der Waals surface area contributed by atoms with Gasteiger partial charge in [-0.05, 0) is 22.0 Å². The fourth-order valence-electron chi connectivity index (χ4n) is 0.977. The zero-order chi connectivity index (χ0) is 12.3. The maximum atomic E-state index is 13.3. The fraction of sp³-hybridized carbons (Fsp3) is 0.364. The van der Waals surface area contributed by atoms with Crippen LogP contribution in [0.2, 0.25) is 0 Å². The number of carbonyl (C=O) groups excluding carboxylic acids is 1. The van der Waals surface area contributed by atoms with Gasteiger partial charge >= 0.3 is 0 Å². The topological polar surface area (TPSA) is 26.3 Å². The molecule has 0 atom stereocenters. The van der Waals surface area contributed by atoms with Crippen LogP contribution in [0.5, 0.6) is 5.75 Å². The molecule has 0 heterocycles. The highest BCUT2D eigenvalue weighted by Gasteiger charge is 2.14. The van der Waals surface area contributed by atoms with Gasteiger partial charge in [0, 0.05) is 12.0 Å². The molecule has 1 rings (SSSR count). The number of carbonyl (C=O) groups is 1. The van der Waals surface area contributed by atoms with Crippen molar-refractivity contribution in [3.05, 3.63) is 28.2 Å². The standard InChI is InChI=1S/C11H11BrF2O2/c1-6(2)10(15)5-16-11-8(12)3-7(13)4-9(11)14/h3-4,6H,5H2,1-2H3. The highest BCUT2D eigenvalue weighted by Crippen LogP contribution is 2.29. The van der Waals surface area contributed by atoms with Crippen molar-refractivity contribution in [3.63, 3.8) is 0 Å². The van der Waals surface area contributed by atoms with E-state index in [9.17, 15) is 13.6 Å². The Morgan fingerprint density at radius 1 is 1.44 bits per heavy atom. The van der Waals surface area contributed by atoms with Gasteiger partial charge in [0.05, 0.1) is 4.47 Å². The summed E-state index contributed by atoms with van der Waals surface area (Å²) in [6, 6.07) is 1.79. The predicted octanol–water partition coefficient (Wildman–Crippen LogP) is 3.33. The first-order valence-electron chi connectivity index (χ1n) is 4.72. The second-order valence-electron chi connectivity index (χ2n) is 3.61. The van der Waals surface area contributed by atoms with Gasteiger partial charge in [-0.15, -0.1) is 0 Å². The lowest BCUT2D eigenvalue weighted by atomic mass is 10.1. The predicted molar refractivity (Wildman–Crippen MR) is 59.4 cm³/mol. The molecule has 0 bridgehead atoms. The third-order valence-corrected chi connectivity index (χ3v) is 2.55. The monoisotopic (exact) mass is 292 g/mol. The number of rotatable bonds is 4. The minimum atomic E-state index is -0.830. The summed E-state index contributed by atoms with van der Waals surface area (Å²) in [4.78, 5) is 11.3. The molecule has 2 nitrogen and oxygen atoms in total. The molecule has 1 aromatic carbocycles. The van der Waals surface area contributed by atoms with E-state index in [0.717, 1.165) is 6.07 Å². The normalized spacial score (nSPS) is 10.6. The van der Waals surface area contributed by atoms with E-state index >= 15 is 0 Å². The van der Waals surface area contributed by atoms with Gasteiger partial charge in [-0.25, -0.2) is 8.78 Å². The molecule has 0 aliphatic carbocycles. The number of ether oxygens (including phenoxy) is 1. The summed E-state index contributed by atoms with van der Waals surface area (Å²) in [5.41, 5.74) is 0. The van der Waals surface area contributed by atoms with Crippen LogP contribution in [0.3, 0.4) is 0 Å². The molecular weight excluding hydrogens is 282 g/mol. The molecule has 0 fully saturated rings. The maximum Gasteiger partial charge on any atom is 0.172 e. The first-order valence-corrected chi connectivity index (χ1v) is 5.51. The summed E-state index contributed by atoms with van der Waals surface area (Å²) >= 11 is 2.97. The van der Waals surface area contributed by atoms with Gasteiger partial charge in [0.25, 0.3) is 0 Å². The first-order chi connectivity index (χ1) is 7.41. The molecule has 0 spiro atoms. The lowest BCUT2D eigenvalue weighted by molar-refractivity contribution is -0.123. The fourth-order valence-corrected chi connectivity index (χ4v) is 1.50. The van der Waals surface area contributed by atoms with Crippen molar-refractivity contribution in [2.45, 2.75) is 13.8 Å². The number of ketones is 1. The average Bonchev–Trinajstić information content (AvgIpc) is 2.15. The molecule has 5 heteroatoms. The molecule has 0 amide bonds. The van der Waals surface area contributed by atoms with E-state index in [4.69, 9.17) is 4.74 Å². The van der Waals surface area contributed by atoms with E-state index in [0.29, 0.717) is 6.07 Å². The van der Waals surface area contributed by atoms with Gasteiger partial charge < -0.3 is 4.74 Å². The summed E-state index contributed by atoms with van der Waals surface area (Å²) in [6.45, 7) is 3.22. The molecule has 0 aromatic heterocycles. The molecule has 16 heavy (non-hydrogen) atoms. The third kappa shape index (κ3) is 3.27. The van der Waals surface area contributed by atoms with Crippen molar-refractivity contribution in [1.82, 2.24) is 0 Å². The highest BCUT2D eigenvalue weighted by atomic mass is 79.9. The highest BCUT2D eigenvalue weighted by molar-refractivity contribution is 9.10. The Labute approximate surface area is 101 Å². The number of halogens is 3. The van der Waals surface area contributed by atoms with Crippen LogP contribution in [-0.2, 0) is 4.79 Å². The van der Waals surface area contributed by atoms with Crippen molar-refractivity contribution in [2.75, 3.05) is 6.61 Å². The summed E-state index contributed by atoms with van der Waals surface area (Å²) in [5, 5.41) is 0. The van der Waals surface area contributed by atoms with Gasteiger partial charge in [-0.2, -0.15) is 0 Å². The second-order valence-corrected chi connectivity index (χ2v) is 4.46. The molecule has 0 radical (unpaired) electrons. The quantitative estimate of drug-likeness (QED) is 0.851. The maximum absolute atomic E-state index is 13.3. The minimum Gasteiger partial charge on any atom is -0.482 e. The zero-order valence-electron chi connectivity index (χ0n) is 8.89. The summed E-state index contributed by atoms with van der Waals surface area (Å²) in [6.07, 6.45) is 0. The molecule has 0 saturated carbocycles. The molecule has 0 saturated heterocycles. The SMILES string of the molecule is CC(C)C(=O)COc1c(F)cc(F)cc1Br. The van der Waals surface area contributed by atoms with Crippen molar-refractivity contribution in [2.24, 2.45) is 5.92 Å². The van der Waals surface area contributed by atoms with Crippen LogP contribution in [0, 0.1) is 17.6 Å². The first kappa shape index (κ1) is 13.1. The van der Waals surface area contributed by atoms with E-state index in [2.05, 4.69) is 15.9 Å². The van der Waals surface area contributed by atoms with E-state index in [1.807, 2.05) is 0 Å². The van der Waals surface area contributed by atoms with Crippen molar-refractivity contribution >= 4 is 21.7 Å². The van der Waals surface area contributed by atoms with Crippen LogP contribution < -0.4 is 4.74 Å². The van der Waals surface area contributed by atoms with Crippen LogP contribution in [0.25, 0.3) is 0 Å². The Morgan fingerprint density at radius 2 is 2.06 bits per heavy atom. The number of benzene rings is 1. The Balaban J connectivity index is 2.78. The molecule has 0 unspecified atom stereocenters. The molecule has 0 aliphatic rings. The largest absolute Gasteiger partial charge is 0.482 e. The van der Waals surface area contributed by atoms with Crippen molar-refractivity contribution in [3.8, 4) is 5.75 Å². The van der Waals surface area contributed by atoms with Crippen LogP contribution in [0.1, 0.15) is 13.8 Å². The van der Waals surface area contributed by atoms with Gasteiger partial charge in [0.2, 0.25) is 0 Å². The number of hydrogen-bond donors (Lipinski definition) is 0. The van der Waals surface area contributed by atoms with Crippen LogP contribution in [-0.4, -0.2) is 12.4 Å². The third-order valence-electron chi connectivity index (χ3n) is 1.97. The van der Waals surface area contributed by atoms with Crippen LogP contribution in [0.15, 0.2) is 16.6 Å². The molecule has 1 aromatic rings. The van der Waals surface area contributed by atoms with E-state index in [-0.39, 0.29) is 28.5 Å². The zero-order valence-corrected chi connectivity index (χ0v) is 10.5. The van der Waals surface area contributed by atoms with Gasteiger partial charge in [0.15, 0.2) is 17.3 Å². The Kier molecular flexibility index (Phi) is 4.41. The van der Waals surface area contributed by atoms with E-state index in [1.165, 1.54) is 0 Å². The van der Waals surface area contributed by atoms with E-state index in [1.54, 1.807) is 13.8 Å². The summed E-state index contributed by atoms with van der Waals surface area (Å²) in [5.74, 6) is -2.00. The minimum absolute atomic E-state index is 0.143. The van der Waals surface area contributed by atoms with Crippen LogP contribution >= 0.6 is 15.9 Å². The number of hydrogen-bond acceptors (Lipinski definition) is 2. The van der Waals surface area contributed by atoms with E-state index < -0.39 is 11.6 Å². The van der Waals surface area contributed by atoms with Gasteiger partial charge in [-0.3, -0.25) is 4.79 Å². The lowest BCUT2D eigenvalue weighted by Gasteiger charge is -2.10. The molecule has 88 valence electrons. The summed E-state index contributed by atoms with van der Waals surface area (Å²) in [7, 11) is 0. The average molecular weight is 293 g/mol. The van der Waals surface area contributed by atoms with Crippen molar-refractivity contribution < 1.29 is 18.3 Å². The second kappa shape index (κ2) is 5.39.